The van der Waals surface area contributed by atoms with E-state index in [9.17, 15) is 4.79 Å². The fourth-order valence-corrected chi connectivity index (χ4v) is 3.51. The minimum Gasteiger partial charge on any atom is -0.484 e. The van der Waals surface area contributed by atoms with Gasteiger partial charge in [-0.3, -0.25) is 4.79 Å². The Bertz CT molecular complexity index is 815. The van der Waals surface area contributed by atoms with Crippen LogP contribution in [-0.2, 0) is 4.79 Å². The zero-order chi connectivity index (χ0) is 16.8. The Hall–Kier alpha value is -2.40. The van der Waals surface area contributed by atoms with Crippen LogP contribution in [0.4, 0.5) is 0 Å². The quantitative estimate of drug-likeness (QED) is 0.508. The minimum atomic E-state index is -0.102. The van der Waals surface area contributed by atoms with Crippen LogP contribution < -0.4 is 10.1 Å². The Morgan fingerprint density at radius 2 is 1.88 bits per heavy atom. The molecule has 1 aromatic heterocycles. The van der Waals surface area contributed by atoms with E-state index < -0.39 is 0 Å². The molecule has 0 aliphatic heterocycles. The third kappa shape index (κ3) is 4.11. The van der Waals surface area contributed by atoms with Crippen LogP contribution in [0, 0.1) is 6.92 Å². The fraction of sp³-hybridized carbons (Fsp3) is 0.211. The summed E-state index contributed by atoms with van der Waals surface area (Å²) in [6, 6.07) is 17.6. The van der Waals surface area contributed by atoms with Gasteiger partial charge < -0.3 is 15.0 Å². The maximum Gasteiger partial charge on any atom is 0.257 e. The van der Waals surface area contributed by atoms with Crippen LogP contribution in [0.15, 0.2) is 59.5 Å². The van der Waals surface area contributed by atoms with Gasteiger partial charge >= 0.3 is 0 Å². The molecule has 0 saturated heterocycles. The number of hydrogen-bond acceptors (Lipinski definition) is 3. The van der Waals surface area contributed by atoms with E-state index in [0.717, 1.165) is 11.3 Å². The summed E-state index contributed by atoms with van der Waals surface area (Å²) in [5.41, 5.74) is 2.32. The number of aromatic amines is 1. The van der Waals surface area contributed by atoms with Crippen molar-refractivity contribution in [1.29, 1.82) is 0 Å². The molecular weight excluding hydrogens is 320 g/mol. The monoisotopic (exact) mass is 340 g/mol. The lowest BCUT2D eigenvalue weighted by atomic mass is 10.2. The third-order valence-electron chi connectivity index (χ3n) is 3.62. The summed E-state index contributed by atoms with van der Waals surface area (Å²) in [6.07, 6.45) is 0. The van der Waals surface area contributed by atoms with Crippen molar-refractivity contribution in [3.8, 4) is 5.75 Å². The molecule has 0 unspecified atom stereocenters. The van der Waals surface area contributed by atoms with Gasteiger partial charge in [-0.15, -0.1) is 11.8 Å². The molecule has 0 saturated carbocycles. The van der Waals surface area contributed by atoms with Gasteiger partial charge in [0.1, 0.15) is 5.75 Å². The van der Waals surface area contributed by atoms with Crippen molar-refractivity contribution < 1.29 is 9.53 Å². The number of aryl methyl sites for hydroxylation is 1. The molecule has 0 atom stereocenters. The Balaban J connectivity index is 1.43. The first-order valence-corrected chi connectivity index (χ1v) is 8.87. The number of carbonyl (C=O) groups excluding carboxylic acids is 1. The van der Waals surface area contributed by atoms with Gasteiger partial charge in [-0.05, 0) is 25.1 Å². The number of H-pyrrole nitrogens is 1. The van der Waals surface area contributed by atoms with Crippen molar-refractivity contribution in [1.82, 2.24) is 10.3 Å². The summed E-state index contributed by atoms with van der Waals surface area (Å²) >= 11 is 1.75. The fourth-order valence-electron chi connectivity index (χ4n) is 2.50. The largest absolute Gasteiger partial charge is 0.484 e. The van der Waals surface area contributed by atoms with Crippen molar-refractivity contribution in [2.24, 2.45) is 0 Å². The molecule has 24 heavy (non-hydrogen) atoms. The molecule has 2 aromatic carbocycles. The molecular formula is C19H20N2O2S. The molecule has 3 rings (SSSR count). The molecule has 0 radical (unpaired) electrons. The van der Waals surface area contributed by atoms with Crippen LogP contribution in [0.5, 0.6) is 5.75 Å². The molecule has 2 N–H and O–H groups in total. The highest BCUT2D eigenvalue weighted by Crippen LogP contribution is 2.30. The normalized spacial score (nSPS) is 10.7. The Labute approximate surface area is 145 Å². The molecule has 3 aromatic rings. The highest BCUT2D eigenvalue weighted by atomic mass is 32.2. The number of rotatable bonds is 7. The van der Waals surface area contributed by atoms with Gasteiger partial charge in [0.2, 0.25) is 0 Å². The number of ether oxygens (including phenoxy) is 1. The second-order valence-electron chi connectivity index (χ2n) is 5.42. The van der Waals surface area contributed by atoms with E-state index >= 15 is 0 Å². The first-order chi connectivity index (χ1) is 11.7. The van der Waals surface area contributed by atoms with Gasteiger partial charge in [-0.2, -0.15) is 0 Å². The van der Waals surface area contributed by atoms with E-state index in [-0.39, 0.29) is 12.5 Å². The second kappa shape index (κ2) is 7.93. The predicted molar refractivity (Wildman–Crippen MR) is 98.7 cm³/mol. The Morgan fingerprint density at radius 1 is 1.12 bits per heavy atom. The number of aromatic nitrogens is 1. The van der Waals surface area contributed by atoms with Crippen LogP contribution in [0.2, 0.25) is 0 Å². The van der Waals surface area contributed by atoms with Crippen molar-refractivity contribution in [3.05, 3.63) is 60.3 Å². The average molecular weight is 340 g/mol. The lowest BCUT2D eigenvalue weighted by Gasteiger charge is -2.07. The van der Waals surface area contributed by atoms with Crippen LogP contribution in [0.1, 0.15) is 5.69 Å². The number of nitrogens with one attached hydrogen (secondary N) is 2. The topological polar surface area (TPSA) is 54.1 Å². The smallest absolute Gasteiger partial charge is 0.257 e. The predicted octanol–water partition coefficient (Wildman–Crippen LogP) is 3.76. The van der Waals surface area contributed by atoms with Gasteiger partial charge in [0.15, 0.2) is 6.61 Å². The first kappa shape index (κ1) is 16.5. The summed E-state index contributed by atoms with van der Waals surface area (Å²) in [6.45, 7) is 2.73. The van der Waals surface area contributed by atoms with Gasteiger partial charge in [-0.1, -0.05) is 36.4 Å². The molecule has 1 heterocycles. The number of para-hydroxylation sites is 2. The molecule has 4 nitrogen and oxygen atoms in total. The third-order valence-corrected chi connectivity index (χ3v) is 4.84. The zero-order valence-electron chi connectivity index (χ0n) is 13.5. The molecule has 0 spiro atoms. The van der Waals surface area contributed by atoms with Crippen LogP contribution in [0.3, 0.4) is 0 Å². The van der Waals surface area contributed by atoms with E-state index in [4.69, 9.17) is 4.74 Å². The minimum absolute atomic E-state index is 0.0425. The molecule has 0 fully saturated rings. The summed E-state index contributed by atoms with van der Waals surface area (Å²) < 4.78 is 5.42. The van der Waals surface area contributed by atoms with Crippen molar-refractivity contribution >= 4 is 28.6 Å². The number of hydrogen-bond donors (Lipinski definition) is 2. The summed E-state index contributed by atoms with van der Waals surface area (Å²) in [5, 5.41) is 4.12. The van der Waals surface area contributed by atoms with Crippen molar-refractivity contribution in [2.45, 2.75) is 11.8 Å². The lowest BCUT2D eigenvalue weighted by molar-refractivity contribution is -0.122. The van der Waals surface area contributed by atoms with Gasteiger partial charge in [0, 0.05) is 33.8 Å². The number of thioether (sulfide) groups is 1. The van der Waals surface area contributed by atoms with Crippen molar-refractivity contribution in [2.75, 3.05) is 18.9 Å². The Kier molecular flexibility index (Phi) is 5.43. The molecule has 1 amide bonds. The van der Waals surface area contributed by atoms with E-state index in [1.807, 2.05) is 42.5 Å². The van der Waals surface area contributed by atoms with Gasteiger partial charge in [-0.25, -0.2) is 0 Å². The molecule has 0 aliphatic rings. The SMILES string of the molecule is Cc1[nH]c2ccccc2c1SCCNC(=O)COc1ccccc1. The van der Waals surface area contributed by atoms with Crippen molar-refractivity contribution in [3.63, 3.8) is 0 Å². The molecule has 5 heteroatoms. The number of amides is 1. The standard InChI is InChI=1S/C19H20N2O2S/c1-14-19(16-9-5-6-10-17(16)21-14)24-12-11-20-18(22)13-23-15-7-3-2-4-8-15/h2-10,21H,11-13H2,1H3,(H,20,22). The molecule has 0 bridgehead atoms. The molecule has 0 aliphatic carbocycles. The highest BCUT2D eigenvalue weighted by Gasteiger charge is 2.08. The van der Waals surface area contributed by atoms with Crippen LogP contribution in [-0.4, -0.2) is 29.8 Å². The molecule has 124 valence electrons. The first-order valence-electron chi connectivity index (χ1n) is 7.88. The maximum atomic E-state index is 11.8. The van der Waals surface area contributed by atoms with E-state index in [1.54, 1.807) is 11.8 Å². The van der Waals surface area contributed by atoms with E-state index in [1.165, 1.54) is 16.0 Å². The Morgan fingerprint density at radius 3 is 2.71 bits per heavy atom. The van der Waals surface area contributed by atoms with E-state index in [2.05, 4.69) is 29.4 Å². The van der Waals surface area contributed by atoms with E-state index in [0.29, 0.717) is 12.3 Å². The summed E-state index contributed by atoms with van der Waals surface area (Å²) in [5.74, 6) is 1.42. The summed E-state index contributed by atoms with van der Waals surface area (Å²) in [4.78, 5) is 16.4. The average Bonchev–Trinajstić information content (AvgIpc) is 2.93. The number of benzene rings is 2. The zero-order valence-corrected chi connectivity index (χ0v) is 14.4. The number of carbonyl (C=O) groups is 1. The van der Waals surface area contributed by atoms with Crippen LogP contribution in [0.25, 0.3) is 10.9 Å². The maximum absolute atomic E-state index is 11.8. The highest BCUT2D eigenvalue weighted by molar-refractivity contribution is 7.99. The lowest BCUT2D eigenvalue weighted by Crippen LogP contribution is -2.30. The van der Waals surface area contributed by atoms with Gasteiger partial charge in [0.05, 0.1) is 0 Å². The van der Waals surface area contributed by atoms with Gasteiger partial charge in [0.25, 0.3) is 5.91 Å². The van der Waals surface area contributed by atoms with Crippen LogP contribution >= 0.6 is 11.8 Å². The number of fused-ring (bicyclic) bond motifs is 1. The summed E-state index contributed by atoms with van der Waals surface area (Å²) in [7, 11) is 0. The second-order valence-corrected chi connectivity index (χ2v) is 6.53.